The molecule has 1 aromatic carbocycles. The van der Waals surface area contributed by atoms with Crippen LogP contribution in [0.2, 0.25) is 0 Å². The van der Waals surface area contributed by atoms with Crippen LogP contribution in [0.15, 0.2) is 30.3 Å². The SMILES string of the molecule is CC(C)[C@@H](CN1CCN(C(=O)N(C)C)CC1)c1ccccc1. The summed E-state index contributed by atoms with van der Waals surface area (Å²) in [5, 5.41) is 0. The molecule has 0 radical (unpaired) electrons. The number of amides is 2. The third-order valence-corrected chi connectivity index (χ3v) is 4.51. The topological polar surface area (TPSA) is 26.8 Å². The minimum absolute atomic E-state index is 0.128. The van der Waals surface area contributed by atoms with Gasteiger partial charge in [0.25, 0.3) is 0 Å². The van der Waals surface area contributed by atoms with Gasteiger partial charge in [0.05, 0.1) is 0 Å². The van der Waals surface area contributed by atoms with Crippen molar-refractivity contribution in [3.8, 4) is 0 Å². The first kappa shape index (κ1) is 16.8. The number of hydrogen-bond donors (Lipinski definition) is 0. The molecule has 1 aliphatic rings. The van der Waals surface area contributed by atoms with Gasteiger partial charge >= 0.3 is 6.03 Å². The number of carbonyl (C=O) groups is 1. The van der Waals surface area contributed by atoms with Gasteiger partial charge in [0.15, 0.2) is 0 Å². The van der Waals surface area contributed by atoms with E-state index in [2.05, 4.69) is 49.1 Å². The van der Waals surface area contributed by atoms with E-state index in [1.165, 1.54) is 5.56 Å². The highest BCUT2D eigenvalue weighted by molar-refractivity contribution is 5.73. The minimum atomic E-state index is 0.128. The first-order valence-corrected chi connectivity index (χ1v) is 8.22. The lowest BCUT2D eigenvalue weighted by Crippen LogP contribution is -2.52. The molecule has 0 bridgehead atoms. The van der Waals surface area contributed by atoms with Crippen molar-refractivity contribution in [1.29, 1.82) is 0 Å². The van der Waals surface area contributed by atoms with E-state index in [0.717, 1.165) is 32.7 Å². The lowest BCUT2D eigenvalue weighted by Gasteiger charge is -2.38. The molecule has 0 saturated carbocycles. The molecule has 0 spiro atoms. The molecule has 0 unspecified atom stereocenters. The summed E-state index contributed by atoms with van der Waals surface area (Å²) in [6, 6.07) is 10.9. The highest BCUT2D eigenvalue weighted by atomic mass is 16.2. The van der Waals surface area contributed by atoms with Gasteiger partial charge in [0.1, 0.15) is 0 Å². The second kappa shape index (κ2) is 7.63. The van der Waals surface area contributed by atoms with Crippen LogP contribution in [-0.4, -0.2) is 67.5 Å². The van der Waals surface area contributed by atoms with Crippen LogP contribution in [0.5, 0.6) is 0 Å². The fraction of sp³-hybridized carbons (Fsp3) is 0.611. The number of rotatable bonds is 4. The van der Waals surface area contributed by atoms with E-state index in [1.807, 2.05) is 19.0 Å². The lowest BCUT2D eigenvalue weighted by atomic mass is 9.88. The molecule has 1 heterocycles. The van der Waals surface area contributed by atoms with Crippen LogP contribution in [0.4, 0.5) is 4.79 Å². The van der Waals surface area contributed by atoms with E-state index in [-0.39, 0.29) is 6.03 Å². The summed E-state index contributed by atoms with van der Waals surface area (Å²) in [5.74, 6) is 1.17. The second-order valence-electron chi connectivity index (χ2n) is 6.73. The predicted octanol–water partition coefficient (Wildman–Crippen LogP) is 2.73. The molecule has 1 aromatic rings. The molecule has 0 N–H and O–H groups in total. The zero-order valence-corrected chi connectivity index (χ0v) is 14.3. The van der Waals surface area contributed by atoms with Crippen molar-refractivity contribution in [2.45, 2.75) is 19.8 Å². The van der Waals surface area contributed by atoms with Crippen LogP contribution in [0.25, 0.3) is 0 Å². The molecule has 4 heteroatoms. The average molecular weight is 303 g/mol. The molecule has 0 aromatic heterocycles. The van der Waals surface area contributed by atoms with Crippen LogP contribution in [0.3, 0.4) is 0 Å². The number of benzene rings is 1. The van der Waals surface area contributed by atoms with E-state index in [4.69, 9.17) is 0 Å². The van der Waals surface area contributed by atoms with Gasteiger partial charge in [0, 0.05) is 46.8 Å². The quantitative estimate of drug-likeness (QED) is 0.855. The van der Waals surface area contributed by atoms with Crippen molar-refractivity contribution in [2.75, 3.05) is 46.8 Å². The Bertz CT molecular complexity index is 464. The molecule has 2 rings (SSSR count). The van der Waals surface area contributed by atoms with E-state index in [0.29, 0.717) is 11.8 Å². The fourth-order valence-electron chi connectivity index (χ4n) is 3.08. The highest BCUT2D eigenvalue weighted by Gasteiger charge is 2.25. The van der Waals surface area contributed by atoms with Gasteiger partial charge in [0.2, 0.25) is 0 Å². The first-order valence-electron chi connectivity index (χ1n) is 8.22. The largest absolute Gasteiger partial charge is 0.331 e. The zero-order chi connectivity index (χ0) is 16.1. The Labute approximate surface area is 134 Å². The molecule has 0 aliphatic carbocycles. The Morgan fingerprint density at radius 1 is 1.09 bits per heavy atom. The molecule has 22 heavy (non-hydrogen) atoms. The van der Waals surface area contributed by atoms with Crippen LogP contribution < -0.4 is 0 Å². The van der Waals surface area contributed by atoms with Gasteiger partial charge in [-0.25, -0.2) is 4.79 Å². The summed E-state index contributed by atoms with van der Waals surface area (Å²) in [7, 11) is 3.64. The average Bonchev–Trinajstić information content (AvgIpc) is 2.53. The van der Waals surface area contributed by atoms with Crippen molar-refractivity contribution in [2.24, 2.45) is 5.92 Å². The predicted molar refractivity (Wildman–Crippen MR) is 91.1 cm³/mol. The van der Waals surface area contributed by atoms with Gasteiger partial charge in [-0.3, -0.25) is 4.90 Å². The monoisotopic (exact) mass is 303 g/mol. The van der Waals surface area contributed by atoms with Crippen molar-refractivity contribution in [1.82, 2.24) is 14.7 Å². The Kier molecular flexibility index (Phi) is 5.83. The number of nitrogens with zero attached hydrogens (tertiary/aromatic N) is 3. The maximum Gasteiger partial charge on any atom is 0.319 e. The molecule has 122 valence electrons. The summed E-state index contributed by atoms with van der Waals surface area (Å²) in [5.41, 5.74) is 1.42. The lowest BCUT2D eigenvalue weighted by molar-refractivity contribution is 0.116. The smallest absolute Gasteiger partial charge is 0.319 e. The van der Waals surface area contributed by atoms with E-state index in [9.17, 15) is 4.79 Å². The molecular formula is C18H29N3O. The maximum absolute atomic E-state index is 12.0. The van der Waals surface area contributed by atoms with Gasteiger partial charge in [-0.2, -0.15) is 0 Å². The Balaban J connectivity index is 1.92. The first-order chi connectivity index (χ1) is 10.5. The highest BCUT2D eigenvalue weighted by Crippen LogP contribution is 2.25. The summed E-state index contributed by atoms with van der Waals surface area (Å²) >= 11 is 0. The fourth-order valence-corrected chi connectivity index (χ4v) is 3.08. The molecule has 1 aliphatic heterocycles. The minimum Gasteiger partial charge on any atom is -0.331 e. The molecule has 4 nitrogen and oxygen atoms in total. The Morgan fingerprint density at radius 2 is 1.68 bits per heavy atom. The van der Waals surface area contributed by atoms with E-state index in [1.54, 1.807) is 4.90 Å². The molecule has 2 amide bonds. The standard InChI is InChI=1S/C18H29N3O/c1-15(2)17(16-8-6-5-7-9-16)14-20-10-12-21(13-11-20)18(22)19(3)4/h5-9,15,17H,10-14H2,1-4H3/t17-/m1/s1. The third kappa shape index (κ3) is 4.23. The third-order valence-electron chi connectivity index (χ3n) is 4.51. The second-order valence-corrected chi connectivity index (χ2v) is 6.73. The van der Waals surface area contributed by atoms with Gasteiger partial charge in [-0.15, -0.1) is 0 Å². The summed E-state index contributed by atoms with van der Waals surface area (Å²) in [6.07, 6.45) is 0. The zero-order valence-electron chi connectivity index (χ0n) is 14.3. The van der Waals surface area contributed by atoms with Crippen LogP contribution in [0.1, 0.15) is 25.3 Å². The van der Waals surface area contributed by atoms with Crippen molar-refractivity contribution in [3.63, 3.8) is 0 Å². The van der Waals surface area contributed by atoms with Gasteiger partial charge in [-0.1, -0.05) is 44.2 Å². The van der Waals surface area contributed by atoms with Crippen LogP contribution >= 0.6 is 0 Å². The summed E-state index contributed by atoms with van der Waals surface area (Å²) in [4.78, 5) is 18.1. The summed E-state index contributed by atoms with van der Waals surface area (Å²) < 4.78 is 0. The summed E-state index contributed by atoms with van der Waals surface area (Å²) in [6.45, 7) is 9.26. The molecule has 1 fully saturated rings. The van der Waals surface area contributed by atoms with Crippen LogP contribution in [0, 0.1) is 5.92 Å². The van der Waals surface area contributed by atoms with Gasteiger partial charge < -0.3 is 9.80 Å². The van der Waals surface area contributed by atoms with E-state index >= 15 is 0 Å². The molecule has 1 atom stereocenters. The number of piperazine rings is 1. The number of carbonyl (C=O) groups excluding carboxylic acids is 1. The van der Waals surface area contributed by atoms with E-state index < -0.39 is 0 Å². The van der Waals surface area contributed by atoms with Gasteiger partial charge in [-0.05, 0) is 17.4 Å². The number of hydrogen-bond acceptors (Lipinski definition) is 2. The number of urea groups is 1. The van der Waals surface area contributed by atoms with Crippen molar-refractivity contribution < 1.29 is 4.79 Å². The molecular weight excluding hydrogens is 274 g/mol. The molecule has 1 saturated heterocycles. The van der Waals surface area contributed by atoms with Crippen LogP contribution in [-0.2, 0) is 0 Å². The van der Waals surface area contributed by atoms with Crippen molar-refractivity contribution >= 4 is 6.03 Å². The normalized spacial score (nSPS) is 17.6. The Morgan fingerprint density at radius 3 is 2.18 bits per heavy atom. The van der Waals surface area contributed by atoms with Crippen molar-refractivity contribution in [3.05, 3.63) is 35.9 Å². The maximum atomic E-state index is 12.0. The Hall–Kier alpha value is -1.55.